The van der Waals surface area contributed by atoms with Crippen molar-refractivity contribution in [3.63, 3.8) is 0 Å². The van der Waals surface area contributed by atoms with Gasteiger partial charge in [-0.2, -0.15) is 0 Å². The Kier molecular flexibility index (Phi) is 4.91. The molecule has 1 unspecified atom stereocenters. The van der Waals surface area contributed by atoms with Crippen molar-refractivity contribution in [2.75, 3.05) is 7.11 Å². The second kappa shape index (κ2) is 5.62. The van der Waals surface area contributed by atoms with E-state index in [0.29, 0.717) is 0 Å². The fourth-order valence-electron chi connectivity index (χ4n) is 1.65. The molecule has 0 aliphatic heterocycles. The Morgan fingerprint density at radius 3 is 2.47 bits per heavy atom. The average molecular weight is 320 g/mol. The molecule has 0 spiro atoms. The molecular formula is C14H20BrClO. The maximum absolute atomic E-state index is 6.61. The Bertz CT molecular complexity index is 401. The molecule has 0 N–H and O–H groups in total. The lowest BCUT2D eigenvalue weighted by Gasteiger charge is -2.30. The molecule has 0 aliphatic carbocycles. The molecule has 0 saturated heterocycles. The van der Waals surface area contributed by atoms with Crippen LogP contribution in [0.1, 0.15) is 43.7 Å². The molecule has 17 heavy (non-hydrogen) atoms. The van der Waals surface area contributed by atoms with Gasteiger partial charge in [-0.15, -0.1) is 11.6 Å². The summed E-state index contributed by atoms with van der Waals surface area (Å²) >= 11 is 10.2. The van der Waals surface area contributed by atoms with Crippen LogP contribution < -0.4 is 4.74 Å². The summed E-state index contributed by atoms with van der Waals surface area (Å²) in [4.78, 5) is 0. The van der Waals surface area contributed by atoms with E-state index in [0.717, 1.165) is 27.8 Å². The molecule has 0 bridgehead atoms. The average Bonchev–Trinajstić information content (AvgIpc) is 2.31. The normalized spacial score (nSPS) is 13.6. The molecule has 0 aliphatic rings. The minimum Gasteiger partial charge on any atom is -0.496 e. The third-order valence-electron chi connectivity index (χ3n) is 3.38. The molecule has 1 aromatic rings. The summed E-state index contributed by atoms with van der Waals surface area (Å²) in [5.41, 5.74) is 2.26. The van der Waals surface area contributed by atoms with Crippen LogP contribution in [-0.4, -0.2) is 7.11 Å². The first-order valence-corrected chi connectivity index (χ1v) is 7.04. The zero-order valence-electron chi connectivity index (χ0n) is 11.1. The van der Waals surface area contributed by atoms with Crippen molar-refractivity contribution in [1.82, 2.24) is 0 Å². The Balaban J connectivity index is 3.25. The Morgan fingerprint density at radius 1 is 1.41 bits per heavy atom. The van der Waals surface area contributed by atoms with Crippen LogP contribution in [0.2, 0.25) is 0 Å². The van der Waals surface area contributed by atoms with Gasteiger partial charge >= 0.3 is 0 Å². The first-order chi connectivity index (χ1) is 7.83. The van der Waals surface area contributed by atoms with Gasteiger partial charge in [-0.3, -0.25) is 0 Å². The molecule has 1 rings (SSSR count). The van der Waals surface area contributed by atoms with Crippen LogP contribution in [0.5, 0.6) is 5.75 Å². The van der Waals surface area contributed by atoms with Gasteiger partial charge in [-0.25, -0.2) is 0 Å². The molecule has 0 saturated carbocycles. The zero-order valence-corrected chi connectivity index (χ0v) is 13.4. The van der Waals surface area contributed by atoms with E-state index >= 15 is 0 Å². The molecule has 1 nitrogen and oxygen atoms in total. The van der Waals surface area contributed by atoms with Gasteiger partial charge in [0, 0.05) is 10.0 Å². The first kappa shape index (κ1) is 14.8. The van der Waals surface area contributed by atoms with E-state index in [1.54, 1.807) is 7.11 Å². The zero-order chi connectivity index (χ0) is 13.2. The smallest absolute Gasteiger partial charge is 0.123 e. The molecule has 1 atom stereocenters. The lowest BCUT2D eigenvalue weighted by atomic mass is 9.82. The van der Waals surface area contributed by atoms with Gasteiger partial charge in [0.25, 0.3) is 0 Å². The van der Waals surface area contributed by atoms with Gasteiger partial charge in [0.2, 0.25) is 0 Å². The standard InChI is InChI=1S/C14H20BrClO/c1-6-14(3,4)13(16)10-8-11(15)9(2)7-12(10)17-5/h7-8,13H,6H2,1-5H3. The second-order valence-corrected chi connectivity index (χ2v) is 6.34. The topological polar surface area (TPSA) is 9.23 Å². The van der Waals surface area contributed by atoms with E-state index < -0.39 is 0 Å². The van der Waals surface area contributed by atoms with E-state index in [2.05, 4.69) is 42.8 Å². The van der Waals surface area contributed by atoms with Crippen molar-refractivity contribution in [3.8, 4) is 5.75 Å². The van der Waals surface area contributed by atoms with Crippen LogP contribution in [0.4, 0.5) is 0 Å². The number of benzene rings is 1. The molecule has 0 fully saturated rings. The third kappa shape index (κ3) is 3.17. The highest BCUT2D eigenvalue weighted by Crippen LogP contribution is 2.45. The number of aryl methyl sites for hydroxylation is 1. The number of hydrogen-bond acceptors (Lipinski definition) is 1. The van der Waals surface area contributed by atoms with Crippen LogP contribution in [0.25, 0.3) is 0 Å². The Morgan fingerprint density at radius 2 is 2.00 bits per heavy atom. The van der Waals surface area contributed by atoms with Crippen molar-refractivity contribution in [2.45, 2.75) is 39.5 Å². The maximum atomic E-state index is 6.61. The van der Waals surface area contributed by atoms with E-state index in [9.17, 15) is 0 Å². The van der Waals surface area contributed by atoms with Crippen molar-refractivity contribution in [2.24, 2.45) is 5.41 Å². The first-order valence-electron chi connectivity index (χ1n) is 5.81. The number of rotatable bonds is 4. The number of ether oxygens (including phenoxy) is 1. The lowest BCUT2D eigenvalue weighted by molar-refractivity contribution is 0.325. The van der Waals surface area contributed by atoms with Crippen molar-refractivity contribution < 1.29 is 4.74 Å². The summed E-state index contributed by atoms with van der Waals surface area (Å²) in [7, 11) is 1.69. The van der Waals surface area contributed by atoms with E-state index in [1.165, 1.54) is 0 Å². The van der Waals surface area contributed by atoms with E-state index in [4.69, 9.17) is 16.3 Å². The van der Waals surface area contributed by atoms with Crippen LogP contribution >= 0.6 is 27.5 Å². The van der Waals surface area contributed by atoms with Gasteiger partial charge in [0.05, 0.1) is 12.5 Å². The molecule has 1 aromatic carbocycles. The minimum atomic E-state index is -0.0562. The largest absolute Gasteiger partial charge is 0.496 e. The highest BCUT2D eigenvalue weighted by molar-refractivity contribution is 9.10. The summed E-state index contributed by atoms with van der Waals surface area (Å²) in [6.45, 7) is 8.56. The molecule has 0 amide bonds. The number of hydrogen-bond donors (Lipinski definition) is 0. The number of halogens is 2. The Labute approximate surface area is 118 Å². The molecule has 3 heteroatoms. The van der Waals surface area contributed by atoms with Gasteiger partial charge in [0.1, 0.15) is 5.75 Å². The monoisotopic (exact) mass is 318 g/mol. The highest BCUT2D eigenvalue weighted by atomic mass is 79.9. The van der Waals surface area contributed by atoms with Gasteiger partial charge in [0.15, 0.2) is 0 Å². The fourth-order valence-corrected chi connectivity index (χ4v) is 2.33. The molecule has 0 radical (unpaired) electrons. The summed E-state index contributed by atoms with van der Waals surface area (Å²) in [6.07, 6.45) is 1.02. The summed E-state index contributed by atoms with van der Waals surface area (Å²) in [6, 6.07) is 4.10. The van der Waals surface area contributed by atoms with Gasteiger partial charge < -0.3 is 4.74 Å². The fraction of sp³-hybridized carbons (Fsp3) is 0.571. The summed E-state index contributed by atoms with van der Waals surface area (Å²) < 4.78 is 6.51. The minimum absolute atomic E-state index is 0.0452. The van der Waals surface area contributed by atoms with Crippen molar-refractivity contribution in [1.29, 1.82) is 0 Å². The van der Waals surface area contributed by atoms with Gasteiger partial charge in [-0.1, -0.05) is 36.7 Å². The quantitative estimate of drug-likeness (QED) is 0.667. The summed E-state index contributed by atoms with van der Waals surface area (Å²) in [5.74, 6) is 0.868. The van der Waals surface area contributed by atoms with E-state index in [-0.39, 0.29) is 10.8 Å². The second-order valence-electron chi connectivity index (χ2n) is 5.05. The van der Waals surface area contributed by atoms with Crippen molar-refractivity contribution in [3.05, 3.63) is 27.7 Å². The van der Waals surface area contributed by atoms with Crippen LogP contribution in [0, 0.1) is 12.3 Å². The lowest BCUT2D eigenvalue weighted by Crippen LogP contribution is -2.17. The van der Waals surface area contributed by atoms with Crippen LogP contribution in [0.3, 0.4) is 0 Å². The van der Waals surface area contributed by atoms with E-state index in [1.807, 2.05) is 13.0 Å². The highest BCUT2D eigenvalue weighted by Gasteiger charge is 2.29. The molecule has 0 heterocycles. The molecule has 0 aromatic heterocycles. The van der Waals surface area contributed by atoms with Gasteiger partial charge in [-0.05, 0) is 36.5 Å². The number of methoxy groups -OCH3 is 1. The van der Waals surface area contributed by atoms with Crippen molar-refractivity contribution >= 4 is 27.5 Å². The maximum Gasteiger partial charge on any atom is 0.123 e. The molecule has 96 valence electrons. The summed E-state index contributed by atoms with van der Waals surface area (Å²) in [5, 5.41) is -0.0562. The van der Waals surface area contributed by atoms with Crippen LogP contribution in [0.15, 0.2) is 16.6 Å². The third-order valence-corrected chi connectivity index (χ3v) is 5.06. The van der Waals surface area contributed by atoms with Crippen LogP contribution in [-0.2, 0) is 0 Å². The predicted octanol–water partition coefficient (Wildman–Crippen LogP) is 5.48. The number of alkyl halides is 1. The Hall–Kier alpha value is -0.210. The molecular weight excluding hydrogens is 300 g/mol. The SMILES string of the molecule is CCC(C)(C)C(Cl)c1cc(Br)c(C)cc1OC. The predicted molar refractivity (Wildman–Crippen MR) is 78.1 cm³/mol.